The molecule has 1 nitrogen and oxygen atoms in total. The lowest BCUT2D eigenvalue weighted by molar-refractivity contribution is 0.482. The van der Waals surface area contributed by atoms with Crippen LogP contribution in [0, 0.1) is 0 Å². The molecular formula is C17H14O. The summed E-state index contributed by atoms with van der Waals surface area (Å²) >= 11 is 0. The normalized spacial score (nSPS) is 12.4. The predicted molar refractivity (Wildman–Crippen MR) is 78.6 cm³/mol. The molecule has 0 unspecified atom stereocenters. The molecule has 0 heterocycles. The summed E-state index contributed by atoms with van der Waals surface area (Å²) in [5.41, 5.74) is 1.10. The van der Waals surface area contributed by atoms with Gasteiger partial charge in [0, 0.05) is 10.8 Å². The second-order valence-corrected chi connectivity index (χ2v) is 4.41. The van der Waals surface area contributed by atoms with Gasteiger partial charge in [0.25, 0.3) is 0 Å². The van der Waals surface area contributed by atoms with Gasteiger partial charge in [0.05, 0.1) is 0 Å². The summed E-state index contributed by atoms with van der Waals surface area (Å²) in [4.78, 5) is 0. The van der Waals surface area contributed by atoms with Crippen molar-refractivity contribution in [3.8, 4) is 5.75 Å². The van der Waals surface area contributed by atoms with E-state index in [0.717, 1.165) is 21.7 Å². The van der Waals surface area contributed by atoms with Gasteiger partial charge in [-0.05, 0) is 34.5 Å². The van der Waals surface area contributed by atoms with Crippen LogP contribution in [0.5, 0.6) is 5.75 Å². The molecule has 0 fully saturated rings. The average molecular weight is 234 g/mol. The fourth-order valence-corrected chi connectivity index (χ4v) is 2.60. The van der Waals surface area contributed by atoms with E-state index in [1.807, 2.05) is 31.2 Å². The first-order valence-electron chi connectivity index (χ1n) is 6.02. The Labute approximate surface area is 106 Å². The molecule has 0 bridgehead atoms. The number of hydrogen-bond donors (Lipinski definition) is 1. The number of aromatic hydroxyl groups is 1. The molecule has 0 aliphatic rings. The molecule has 3 aromatic rings. The Balaban J connectivity index is 2.74. The summed E-state index contributed by atoms with van der Waals surface area (Å²) in [5.74, 6) is 0.330. The number of phenolic OH excluding ortho intramolecular Hbond substituents is 1. The Morgan fingerprint density at radius 1 is 1.00 bits per heavy atom. The van der Waals surface area contributed by atoms with Crippen LogP contribution >= 0.6 is 0 Å². The second kappa shape index (κ2) is 3.88. The quantitative estimate of drug-likeness (QED) is 0.678. The monoisotopic (exact) mass is 234 g/mol. The number of benzene rings is 3. The zero-order valence-corrected chi connectivity index (χ0v) is 10.3. The molecule has 0 spiro atoms. The molecule has 0 aliphatic carbocycles. The third kappa shape index (κ3) is 1.34. The molecule has 88 valence electrons. The lowest BCUT2D eigenvalue weighted by atomic mass is 9.94. The van der Waals surface area contributed by atoms with Crippen molar-refractivity contribution in [1.29, 1.82) is 0 Å². The van der Waals surface area contributed by atoms with Gasteiger partial charge in [-0.15, -0.1) is 0 Å². The standard InChI is InChI=1S/C17H14O/c1-3-11-5-6-13-8-10-15(18)14-9-7-12(4-2)16(11)17(13)14/h3-10,18H,2H2,1H3/b11-3-. The van der Waals surface area contributed by atoms with Crippen LogP contribution in [-0.4, -0.2) is 5.11 Å². The average Bonchev–Trinajstić information content (AvgIpc) is 2.42. The smallest absolute Gasteiger partial charge is 0.123 e. The van der Waals surface area contributed by atoms with E-state index in [9.17, 15) is 5.11 Å². The highest BCUT2D eigenvalue weighted by atomic mass is 16.3. The van der Waals surface area contributed by atoms with Crippen LogP contribution in [0.25, 0.3) is 33.7 Å². The first-order valence-corrected chi connectivity index (χ1v) is 6.02. The Morgan fingerprint density at radius 2 is 1.78 bits per heavy atom. The fraction of sp³-hybridized carbons (Fsp3) is 0.0588. The second-order valence-electron chi connectivity index (χ2n) is 4.41. The third-order valence-electron chi connectivity index (χ3n) is 3.49. The first-order chi connectivity index (χ1) is 8.76. The summed E-state index contributed by atoms with van der Waals surface area (Å²) in [6.45, 7) is 5.90. The first kappa shape index (κ1) is 10.8. The SMILES string of the molecule is C=Cc1ccc2c(O)ccc3cc/c(=C/C)c1c32. The molecule has 0 saturated carbocycles. The van der Waals surface area contributed by atoms with Gasteiger partial charge in [-0.2, -0.15) is 0 Å². The van der Waals surface area contributed by atoms with E-state index in [1.165, 1.54) is 10.6 Å². The largest absolute Gasteiger partial charge is 0.507 e. The van der Waals surface area contributed by atoms with Gasteiger partial charge < -0.3 is 5.11 Å². The van der Waals surface area contributed by atoms with Gasteiger partial charge in [0.2, 0.25) is 0 Å². The Morgan fingerprint density at radius 3 is 2.50 bits per heavy atom. The number of rotatable bonds is 1. The molecule has 0 saturated heterocycles. The van der Waals surface area contributed by atoms with Crippen molar-refractivity contribution in [3.63, 3.8) is 0 Å². The summed E-state index contributed by atoms with van der Waals surface area (Å²) in [6, 6.07) is 11.9. The van der Waals surface area contributed by atoms with E-state index in [2.05, 4.69) is 24.8 Å². The van der Waals surface area contributed by atoms with Gasteiger partial charge in [0.1, 0.15) is 5.75 Å². The molecule has 0 amide bonds. The van der Waals surface area contributed by atoms with Crippen LogP contribution in [0.2, 0.25) is 0 Å². The van der Waals surface area contributed by atoms with Crippen LogP contribution in [0.15, 0.2) is 43.0 Å². The van der Waals surface area contributed by atoms with Crippen LogP contribution in [0.4, 0.5) is 0 Å². The minimum absolute atomic E-state index is 0.330. The lowest BCUT2D eigenvalue weighted by Crippen LogP contribution is -2.03. The Bertz CT molecular complexity index is 813. The van der Waals surface area contributed by atoms with E-state index < -0.39 is 0 Å². The third-order valence-corrected chi connectivity index (χ3v) is 3.49. The molecular weight excluding hydrogens is 220 g/mol. The van der Waals surface area contributed by atoms with Gasteiger partial charge in [-0.1, -0.05) is 49.1 Å². The van der Waals surface area contributed by atoms with Crippen molar-refractivity contribution < 1.29 is 5.11 Å². The van der Waals surface area contributed by atoms with Gasteiger partial charge in [0.15, 0.2) is 0 Å². The number of hydrogen-bond acceptors (Lipinski definition) is 1. The minimum Gasteiger partial charge on any atom is -0.507 e. The molecule has 0 aliphatic heterocycles. The van der Waals surface area contributed by atoms with Crippen LogP contribution in [-0.2, 0) is 0 Å². The van der Waals surface area contributed by atoms with Crippen molar-refractivity contribution >= 4 is 33.7 Å². The molecule has 0 aromatic heterocycles. The highest BCUT2D eigenvalue weighted by molar-refractivity contribution is 6.14. The predicted octanol–water partition coefficient (Wildman–Crippen LogP) is 3.86. The lowest BCUT2D eigenvalue weighted by Gasteiger charge is -2.10. The van der Waals surface area contributed by atoms with E-state index in [0.29, 0.717) is 5.75 Å². The van der Waals surface area contributed by atoms with Gasteiger partial charge >= 0.3 is 0 Å². The maximum Gasteiger partial charge on any atom is 0.123 e. The maximum absolute atomic E-state index is 9.99. The highest BCUT2D eigenvalue weighted by Gasteiger charge is 2.08. The van der Waals surface area contributed by atoms with E-state index in [-0.39, 0.29) is 0 Å². The van der Waals surface area contributed by atoms with Crippen LogP contribution in [0.1, 0.15) is 12.5 Å². The molecule has 3 rings (SSSR count). The molecule has 1 N–H and O–H groups in total. The molecule has 0 radical (unpaired) electrons. The van der Waals surface area contributed by atoms with Crippen molar-refractivity contribution in [3.05, 3.63) is 53.8 Å². The fourth-order valence-electron chi connectivity index (χ4n) is 2.60. The summed E-state index contributed by atoms with van der Waals surface area (Å²) in [6.07, 6.45) is 3.95. The minimum atomic E-state index is 0.330. The summed E-state index contributed by atoms with van der Waals surface area (Å²) < 4.78 is 0. The molecule has 18 heavy (non-hydrogen) atoms. The van der Waals surface area contributed by atoms with E-state index in [4.69, 9.17) is 0 Å². The zero-order chi connectivity index (χ0) is 12.7. The van der Waals surface area contributed by atoms with Crippen LogP contribution in [0.3, 0.4) is 0 Å². The number of phenols is 1. The maximum atomic E-state index is 9.99. The topological polar surface area (TPSA) is 20.2 Å². The summed E-state index contributed by atoms with van der Waals surface area (Å²) in [7, 11) is 0. The Hall–Kier alpha value is -2.28. The van der Waals surface area contributed by atoms with E-state index in [1.54, 1.807) is 6.07 Å². The van der Waals surface area contributed by atoms with E-state index >= 15 is 0 Å². The van der Waals surface area contributed by atoms with Gasteiger partial charge in [-0.25, -0.2) is 0 Å². The zero-order valence-electron chi connectivity index (χ0n) is 10.3. The molecule has 1 heteroatoms. The van der Waals surface area contributed by atoms with Crippen LogP contribution < -0.4 is 5.22 Å². The van der Waals surface area contributed by atoms with Crippen molar-refractivity contribution in [2.24, 2.45) is 0 Å². The van der Waals surface area contributed by atoms with Gasteiger partial charge in [-0.3, -0.25) is 0 Å². The van der Waals surface area contributed by atoms with Crippen molar-refractivity contribution in [2.45, 2.75) is 6.92 Å². The highest BCUT2D eigenvalue weighted by Crippen LogP contribution is 2.33. The summed E-state index contributed by atoms with van der Waals surface area (Å²) in [5, 5.41) is 15.5. The molecule has 3 aromatic carbocycles. The molecule has 0 atom stereocenters. The van der Waals surface area contributed by atoms with Crippen molar-refractivity contribution in [2.75, 3.05) is 0 Å². The Kier molecular flexibility index (Phi) is 2.34. The van der Waals surface area contributed by atoms with Crippen molar-refractivity contribution in [1.82, 2.24) is 0 Å².